The standard InChI is InChI=1S/C24H36N6/c1-19-9-8-12-23(27-19)30-15-13-22(14-16-30)28-24(25-3)26-17-20(2)29(4)18-21-10-6-5-7-11-21/h5-12,20,22H,13-18H2,1-4H3,(H2,25,26,28). The first kappa shape index (κ1) is 22.1. The van der Waals surface area contributed by atoms with Crippen molar-refractivity contribution in [3.8, 4) is 0 Å². The molecule has 0 spiro atoms. The maximum Gasteiger partial charge on any atom is 0.191 e. The van der Waals surface area contributed by atoms with Crippen LogP contribution in [0.3, 0.4) is 0 Å². The zero-order valence-electron chi connectivity index (χ0n) is 18.8. The minimum Gasteiger partial charge on any atom is -0.356 e. The molecule has 0 bridgehead atoms. The van der Waals surface area contributed by atoms with Gasteiger partial charge < -0.3 is 15.5 Å². The predicted molar refractivity (Wildman–Crippen MR) is 126 cm³/mol. The molecule has 1 aromatic carbocycles. The van der Waals surface area contributed by atoms with Crippen LogP contribution in [0.2, 0.25) is 0 Å². The van der Waals surface area contributed by atoms with Crippen LogP contribution in [0.5, 0.6) is 0 Å². The fourth-order valence-electron chi connectivity index (χ4n) is 3.77. The molecule has 6 nitrogen and oxygen atoms in total. The molecule has 2 aromatic rings. The Morgan fingerprint density at radius 2 is 1.90 bits per heavy atom. The van der Waals surface area contributed by atoms with E-state index in [-0.39, 0.29) is 0 Å². The van der Waals surface area contributed by atoms with Gasteiger partial charge in [0, 0.05) is 51.0 Å². The van der Waals surface area contributed by atoms with Crippen molar-refractivity contribution in [3.05, 3.63) is 59.8 Å². The van der Waals surface area contributed by atoms with Crippen LogP contribution in [0.1, 0.15) is 31.0 Å². The molecule has 0 saturated carbocycles. The molecule has 3 rings (SSSR count). The van der Waals surface area contributed by atoms with Crippen LogP contribution in [-0.4, -0.2) is 61.7 Å². The summed E-state index contributed by atoms with van der Waals surface area (Å²) in [4.78, 5) is 13.8. The first-order valence-electron chi connectivity index (χ1n) is 10.9. The molecule has 1 atom stereocenters. The molecule has 2 heterocycles. The minimum absolute atomic E-state index is 0.401. The molecule has 0 amide bonds. The molecule has 0 aliphatic carbocycles. The van der Waals surface area contributed by atoms with Crippen molar-refractivity contribution in [2.75, 3.05) is 38.6 Å². The Balaban J connectivity index is 1.41. The third-order valence-corrected chi connectivity index (χ3v) is 5.85. The highest BCUT2D eigenvalue weighted by molar-refractivity contribution is 5.80. The average molecular weight is 409 g/mol. The largest absolute Gasteiger partial charge is 0.356 e. The van der Waals surface area contributed by atoms with Crippen molar-refractivity contribution in [2.45, 2.75) is 45.3 Å². The Hall–Kier alpha value is -2.60. The number of rotatable bonds is 7. The van der Waals surface area contributed by atoms with Gasteiger partial charge in [-0.05, 0) is 51.4 Å². The quantitative estimate of drug-likeness (QED) is 0.545. The van der Waals surface area contributed by atoms with Gasteiger partial charge in [-0.2, -0.15) is 0 Å². The summed E-state index contributed by atoms with van der Waals surface area (Å²) >= 11 is 0. The number of anilines is 1. The SMILES string of the molecule is CN=C(NCC(C)N(C)Cc1ccccc1)NC1CCN(c2cccc(C)n2)CC1. The third-order valence-electron chi connectivity index (χ3n) is 5.85. The van der Waals surface area contributed by atoms with E-state index < -0.39 is 0 Å². The van der Waals surface area contributed by atoms with Gasteiger partial charge in [0.2, 0.25) is 0 Å². The Bertz CT molecular complexity index is 798. The summed E-state index contributed by atoms with van der Waals surface area (Å²) in [5, 5.41) is 7.11. The maximum atomic E-state index is 4.66. The fourth-order valence-corrected chi connectivity index (χ4v) is 3.77. The lowest BCUT2D eigenvalue weighted by atomic mass is 10.1. The molecule has 162 valence electrons. The second-order valence-corrected chi connectivity index (χ2v) is 8.25. The summed E-state index contributed by atoms with van der Waals surface area (Å²) in [6.07, 6.45) is 2.17. The molecule has 2 N–H and O–H groups in total. The molecular weight excluding hydrogens is 372 g/mol. The zero-order chi connectivity index (χ0) is 21.3. The second-order valence-electron chi connectivity index (χ2n) is 8.25. The summed E-state index contributed by atoms with van der Waals surface area (Å²) < 4.78 is 0. The Labute approximate surface area is 181 Å². The predicted octanol–water partition coefficient (Wildman–Crippen LogP) is 3.04. The van der Waals surface area contributed by atoms with E-state index in [1.165, 1.54) is 5.56 Å². The molecule has 1 aliphatic heterocycles. The number of nitrogens with one attached hydrogen (secondary N) is 2. The lowest BCUT2D eigenvalue weighted by Crippen LogP contribution is -2.51. The topological polar surface area (TPSA) is 55.8 Å². The van der Waals surface area contributed by atoms with Crippen molar-refractivity contribution >= 4 is 11.8 Å². The van der Waals surface area contributed by atoms with Gasteiger partial charge in [0.15, 0.2) is 5.96 Å². The molecule has 1 saturated heterocycles. The van der Waals surface area contributed by atoms with E-state index in [1.54, 1.807) is 0 Å². The van der Waals surface area contributed by atoms with Crippen LogP contribution >= 0.6 is 0 Å². The van der Waals surface area contributed by atoms with Crippen LogP contribution in [0.25, 0.3) is 0 Å². The van der Waals surface area contributed by atoms with Crippen molar-refractivity contribution in [2.24, 2.45) is 4.99 Å². The van der Waals surface area contributed by atoms with E-state index in [9.17, 15) is 0 Å². The number of guanidine groups is 1. The second kappa shape index (κ2) is 11.0. The Kier molecular flexibility index (Phi) is 8.08. The van der Waals surface area contributed by atoms with E-state index in [0.717, 1.165) is 56.5 Å². The Morgan fingerprint density at radius 3 is 2.57 bits per heavy atom. The third kappa shape index (κ3) is 6.46. The van der Waals surface area contributed by atoms with Gasteiger partial charge in [-0.15, -0.1) is 0 Å². The molecule has 0 radical (unpaired) electrons. The summed E-state index contributed by atoms with van der Waals surface area (Å²) in [5.41, 5.74) is 2.41. The van der Waals surface area contributed by atoms with Crippen LogP contribution in [0.4, 0.5) is 5.82 Å². The number of benzene rings is 1. The van der Waals surface area contributed by atoms with Crippen LogP contribution in [0, 0.1) is 6.92 Å². The smallest absolute Gasteiger partial charge is 0.191 e. The number of likely N-dealkylation sites (N-methyl/N-ethyl adjacent to an activating group) is 1. The number of aromatic nitrogens is 1. The molecule has 1 fully saturated rings. The van der Waals surface area contributed by atoms with E-state index >= 15 is 0 Å². The van der Waals surface area contributed by atoms with Gasteiger partial charge in [-0.3, -0.25) is 9.89 Å². The fraction of sp³-hybridized carbons (Fsp3) is 0.500. The van der Waals surface area contributed by atoms with Gasteiger partial charge >= 0.3 is 0 Å². The van der Waals surface area contributed by atoms with Crippen molar-refractivity contribution in [1.29, 1.82) is 0 Å². The van der Waals surface area contributed by atoms with E-state index in [2.05, 4.69) is 86.8 Å². The molecular formula is C24H36N6. The number of hydrogen-bond donors (Lipinski definition) is 2. The Morgan fingerprint density at radius 1 is 1.17 bits per heavy atom. The monoisotopic (exact) mass is 408 g/mol. The highest BCUT2D eigenvalue weighted by Crippen LogP contribution is 2.18. The lowest BCUT2D eigenvalue weighted by Gasteiger charge is -2.34. The number of nitrogens with zero attached hydrogens (tertiary/aromatic N) is 4. The van der Waals surface area contributed by atoms with Crippen LogP contribution in [-0.2, 0) is 6.54 Å². The number of hydrogen-bond acceptors (Lipinski definition) is 4. The van der Waals surface area contributed by atoms with Crippen molar-refractivity contribution < 1.29 is 0 Å². The molecule has 1 aromatic heterocycles. The van der Waals surface area contributed by atoms with E-state index in [4.69, 9.17) is 0 Å². The zero-order valence-corrected chi connectivity index (χ0v) is 18.8. The normalized spacial score (nSPS) is 16.6. The number of pyridine rings is 1. The van der Waals surface area contributed by atoms with E-state index in [1.807, 2.05) is 20.0 Å². The van der Waals surface area contributed by atoms with Gasteiger partial charge in [-0.25, -0.2) is 4.98 Å². The molecule has 6 heteroatoms. The van der Waals surface area contributed by atoms with Crippen LogP contribution < -0.4 is 15.5 Å². The lowest BCUT2D eigenvalue weighted by molar-refractivity contribution is 0.249. The number of aliphatic imine (C=N–C) groups is 1. The molecule has 1 unspecified atom stereocenters. The van der Waals surface area contributed by atoms with Crippen molar-refractivity contribution in [3.63, 3.8) is 0 Å². The highest BCUT2D eigenvalue weighted by Gasteiger charge is 2.21. The number of aryl methyl sites for hydroxylation is 1. The van der Waals surface area contributed by atoms with Crippen molar-refractivity contribution in [1.82, 2.24) is 20.5 Å². The first-order chi connectivity index (χ1) is 14.5. The first-order valence-corrected chi connectivity index (χ1v) is 10.9. The van der Waals surface area contributed by atoms with Gasteiger partial charge in [-0.1, -0.05) is 36.4 Å². The molecule has 30 heavy (non-hydrogen) atoms. The van der Waals surface area contributed by atoms with Gasteiger partial charge in [0.1, 0.15) is 5.82 Å². The van der Waals surface area contributed by atoms with E-state index in [0.29, 0.717) is 12.1 Å². The minimum atomic E-state index is 0.401. The number of piperidine rings is 1. The highest BCUT2D eigenvalue weighted by atomic mass is 15.2. The maximum absolute atomic E-state index is 4.66. The molecule has 1 aliphatic rings. The van der Waals surface area contributed by atoms with Gasteiger partial charge in [0.05, 0.1) is 0 Å². The summed E-state index contributed by atoms with van der Waals surface area (Å²) in [6.45, 7) is 8.13. The average Bonchev–Trinajstić information content (AvgIpc) is 2.77. The summed E-state index contributed by atoms with van der Waals surface area (Å²) in [5.74, 6) is 1.98. The summed E-state index contributed by atoms with van der Waals surface area (Å²) in [6, 6.07) is 17.7. The van der Waals surface area contributed by atoms with Crippen LogP contribution in [0.15, 0.2) is 53.5 Å². The summed E-state index contributed by atoms with van der Waals surface area (Å²) in [7, 11) is 4.02. The van der Waals surface area contributed by atoms with Gasteiger partial charge in [0.25, 0.3) is 0 Å².